The molecule has 0 saturated heterocycles. The zero-order valence-corrected chi connectivity index (χ0v) is 16.0. The van der Waals surface area contributed by atoms with Gasteiger partial charge in [-0.3, -0.25) is 0 Å². The second-order valence-corrected chi connectivity index (χ2v) is 6.35. The summed E-state index contributed by atoms with van der Waals surface area (Å²) in [5, 5.41) is 3.52. The van der Waals surface area contributed by atoms with Crippen LogP contribution in [0.15, 0.2) is 36.4 Å². The first kappa shape index (κ1) is 17.9. The zero-order chi connectivity index (χ0) is 16.8. The first-order valence-corrected chi connectivity index (χ1v) is 8.44. The molecule has 0 aliphatic carbocycles. The van der Waals surface area contributed by atoms with Gasteiger partial charge in [-0.15, -0.1) is 0 Å². The van der Waals surface area contributed by atoms with Crippen molar-refractivity contribution < 1.29 is 14.2 Å². The summed E-state index contributed by atoms with van der Waals surface area (Å²) in [6.07, 6.45) is 0. The van der Waals surface area contributed by atoms with E-state index in [4.69, 9.17) is 14.2 Å². The van der Waals surface area contributed by atoms with E-state index in [9.17, 15) is 0 Å². The molecule has 0 radical (unpaired) electrons. The second-order valence-electron chi connectivity index (χ2n) is 5.18. The van der Waals surface area contributed by atoms with E-state index in [2.05, 4.69) is 40.9 Å². The van der Waals surface area contributed by atoms with Gasteiger partial charge in [0.1, 0.15) is 17.2 Å². The summed E-state index contributed by atoms with van der Waals surface area (Å²) in [6.45, 7) is 2.86. The van der Waals surface area contributed by atoms with Crippen molar-refractivity contribution in [3.05, 3.63) is 51.1 Å². The topological polar surface area (TPSA) is 39.7 Å². The minimum Gasteiger partial charge on any atom is -0.497 e. The van der Waals surface area contributed by atoms with Crippen molar-refractivity contribution in [1.29, 1.82) is 0 Å². The first-order valence-electron chi connectivity index (χ1n) is 7.36. The molecule has 1 unspecified atom stereocenters. The normalized spacial score (nSPS) is 11.9. The van der Waals surface area contributed by atoms with E-state index in [1.165, 1.54) is 5.56 Å². The summed E-state index contributed by atoms with van der Waals surface area (Å²) in [7, 11) is 5.05. The van der Waals surface area contributed by atoms with Gasteiger partial charge in [0.05, 0.1) is 24.9 Å². The minimum atomic E-state index is 0.127. The van der Waals surface area contributed by atoms with Gasteiger partial charge in [0.2, 0.25) is 0 Å². The summed E-state index contributed by atoms with van der Waals surface area (Å²) < 4.78 is 17.2. The summed E-state index contributed by atoms with van der Waals surface area (Å²) in [6, 6.07) is 12.2. The zero-order valence-electron chi connectivity index (χ0n) is 13.9. The van der Waals surface area contributed by atoms with Crippen LogP contribution in [0, 0.1) is 3.57 Å². The fraction of sp³-hybridized carbons (Fsp3) is 0.333. The smallest absolute Gasteiger partial charge is 0.132 e. The molecule has 0 heterocycles. The molecule has 2 aromatic rings. The molecule has 0 fully saturated rings. The summed E-state index contributed by atoms with van der Waals surface area (Å²) in [4.78, 5) is 0. The summed E-state index contributed by atoms with van der Waals surface area (Å²) >= 11 is 2.25. The average Bonchev–Trinajstić information content (AvgIpc) is 2.59. The Hall–Kier alpha value is -1.47. The minimum absolute atomic E-state index is 0.127. The molecule has 0 spiro atoms. The van der Waals surface area contributed by atoms with Crippen molar-refractivity contribution in [2.45, 2.75) is 19.5 Å². The van der Waals surface area contributed by atoms with Crippen LogP contribution in [0.2, 0.25) is 0 Å². The summed E-state index contributed by atoms with van der Waals surface area (Å²) in [5.74, 6) is 2.59. The van der Waals surface area contributed by atoms with Gasteiger partial charge >= 0.3 is 0 Å². The third-order valence-electron chi connectivity index (χ3n) is 3.72. The number of nitrogens with one attached hydrogen (secondary N) is 1. The lowest BCUT2D eigenvalue weighted by molar-refractivity contribution is 0.389. The predicted molar refractivity (Wildman–Crippen MR) is 101 cm³/mol. The van der Waals surface area contributed by atoms with E-state index in [-0.39, 0.29) is 6.04 Å². The van der Waals surface area contributed by atoms with Gasteiger partial charge in [0.25, 0.3) is 0 Å². The highest BCUT2D eigenvalue weighted by molar-refractivity contribution is 14.1. The fourth-order valence-electron chi connectivity index (χ4n) is 2.39. The van der Waals surface area contributed by atoms with Crippen molar-refractivity contribution in [2.75, 3.05) is 21.3 Å². The van der Waals surface area contributed by atoms with Gasteiger partial charge in [0.15, 0.2) is 0 Å². The first-order chi connectivity index (χ1) is 11.1. The Morgan fingerprint density at radius 3 is 2.39 bits per heavy atom. The van der Waals surface area contributed by atoms with E-state index in [0.29, 0.717) is 0 Å². The van der Waals surface area contributed by atoms with E-state index in [1.807, 2.05) is 30.3 Å². The number of methoxy groups -OCH3 is 3. The third kappa shape index (κ3) is 4.51. The fourth-order valence-corrected chi connectivity index (χ4v) is 3.04. The van der Waals surface area contributed by atoms with Gasteiger partial charge < -0.3 is 19.5 Å². The number of hydrogen-bond acceptors (Lipinski definition) is 4. The van der Waals surface area contributed by atoms with Crippen LogP contribution in [-0.4, -0.2) is 21.3 Å². The number of benzene rings is 2. The third-order valence-corrected chi connectivity index (χ3v) is 4.56. The Labute approximate surface area is 151 Å². The Balaban J connectivity index is 2.14. The van der Waals surface area contributed by atoms with Gasteiger partial charge in [-0.2, -0.15) is 0 Å². The van der Waals surface area contributed by atoms with Crippen molar-refractivity contribution in [1.82, 2.24) is 5.32 Å². The molecule has 23 heavy (non-hydrogen) atoms. The predicted octanol–water partition coefficient (Wildman–Crippen LogP) is 4.17. The van der Waals surface area contributed by atoms with Crippen molar-refractivity contribution >= 4 is 22.6 Å². The Morgan fingerprint density at radius 1 is 1.00 bits per heavy atom. The lowest BCUT2D eigenvalue weighted by Gasteiger charge is -2.19. The number of hydrogen-bond donors (Lipinski definition) is 1. The van der Waals surface area contributed by atoms with Gasteiger partial charge in [-0.05, 0) is 59.3 Å². The van der Waals surface area contributed by atoms with Gasteiger partial charge in [-0.1, -0.05) is 12.1 Å². The van der Waals surface area contributed by atoms with E-state index >= 15 is 0 Å². The molecule has 2 aromatic carbocycles. The largest absolute Gasteiger partial charge is 0.497 e. The highest BCUT2D eigenvalue weighted by Crippen LogP contribution is 2.33. The quantitative estimate of drug-likeness (QED) is 0.674. The van der Waals surface area contributed by atoms with Crippen LogP contribution >= 0.6 is 22.6 Å². The van der Waals surface area contributed by atoms with Crippen molar-refractivity contribution in [2.24, 2.45) is 0 Å². The molecule has 0 amide bonds. The molecular formula is C18H22INO3. The molecule has 0 bridgehead atoms. The Kier molecular flexibility index (Phi) is 6.53. The van der Waals surface area contributed by atoms with Crippen LogP contribution in [0.25, 0.3) is 0 Å². The summed E-state index contributed by atoms with van der Waals surface area (Å²) in [5.41, 5.74) is 2.25. The highest BCUT2D eigenvalue weighted by atomic mass is 127. The molecule has 4 nitrogen and oxygen atoms in total. The molecule has 1 N–H and O–H groups in total. The molecule has 0 aromatic heterocycles. The number of rotatable bonds is 7. The van der Waals surface area contributed by atoms with Gasteiger partial charge in [0, 0.05) is 18.2 Å². The molecular weight excluding hydrogens is 405 g/mol. The molecule has 1 atom stereocenters. The molecule has 5 heteroatoms. The Bertz CT molecular complexity index is 661. The van der Waals surface area contributed by atoms with Gasteiger partial charge in [-0.25, -0.2) is 0 Å². The second kappa shape index (κ2) is 8.40. The molecule has 0 saturated carbocycles. The van der Waals surface area contributed by atoms with Crippen molar-refractivity contribution in [3.8, 4) is 17.2 Å². The molecule has 0 aliphatic rings. The maximum absolute atomic E-state index is 5.51. The Morgan fingerprint density at radius 2 is 1.74 bits per heavy atom. The molecule has 0 aliphatic heterocycles. The SMILES string of the molecule is COc1cccc(CNC(C)c2cc(OC)c(I)cc2OC)c1. The van der Waals surface area contributed by atoms with Crippen LogP contribution in [0.4, 0.5) is 0 Å². The molecule has 124 valence electrons. The average molecular weight is 427 g/mol. The van der Waals surface area contributed by atoms with Crippen LogP contribution in [-0.2, 0) is 6.54 Å². The van der Waals surface area contributed by atoms with Crippen LogP contribution in [0.1, 0.15) is 24.1 Å². The number of halogens is 1. The van der Waals surface area contributed by atoms with Crippen LogP contribution in [0.3, 0.4) is 0 Å². The van der Waals surface area contributed by atoms with E-state index in [1.54, 1.807) is 21.3 Å². The van der Waals surface area contributed by atoms with E-state index in [0.717, 1.165) is 32.9 Å². The monoisotopic (exact) mass is 427 g/mol. The van der Waals surface area contributed by atoms with Crippen molar-refractivity contribution in [3.63, 3.8) is 0 Å². The maximum atomic E-state index is 5.51. The molecule has 2 rings (SSSR count). The maximum Gasteiger partial charge on any atom is 0.132 e. The van der Waals surface area contributed by atoms with Crippen LogP contribution < -0.4 is 19.5 Å². The number of ether oxygens (including phenoxy) is 3. The lowest BCUT2D eigenvalue weighted by Crippen LogP contribution is -2.19. The standard InChI is InChI=1S/C18H22INO3/c1-12(20-11-13-6-5-7-14(8-13)21-2)15-9-18(23-4)16(19)10-17(15)22-3/h5-10,12,20H,11H2,1-4H3. The van der Waals surface area contributed by atoms with Crippen LogP contribution in [0.5, 0.6) is 17.2 Å². The van der Waals surface area contributed by atoms with E-state index < -0.39 is 0 Å². The highest BCUT2D eigenvalue weighted by Gasteiger charge is 2.15. The lowest BCUT2D eigenvalue weighted by atomic mass is 10.1.